The van der Waals surface area contributed by atoms with Gasteiger partial charge in [-0.05, 0) is 19.4 Å². The molecule has 2 aromatic rings. The minimum Gasteiger partial charge on any atom is -0.339 e. The lowest BCUT2D eigenvalue weighted by molar-refractivity contribution is 0.345. The Morgan fingerprint density at radius 3 is 2.79 bits per heavy atom. The van der Waals surface area contributed by atoms with Crippen molar-refractivity contribution < 1.29 is 4.52 Å². The molecule has 0 saturated carbocycles. The number of nitrogens with one attached hydrogen (secondary N) is 1. The Labute approximate surface area is 113 Å². The first kappa shape index (κ1) is 13.7. The summed E-state index contributed by atoms with van der Waals surface area (Å²) in [5.41, 5.74) is 0.861. The zero-order valence-corrected chi connectivity index (χ0v) is 11.9. The third kappa shape index (κ3) is 3.41. The molecule has 2 rings (SSSR count). The highest BCUT2D eigenvalue weighted by molar-refractivity contribution is 5.46. The quantitative estimate of drug-likeness (QED) is 0.858. The Morgan fingerprint density at radius 1 is 1.42 bits per heavy atom. The first-order valence-electron chi connectivity index (χ1n) is 6.56. The molecule has 0 amide bonds. The monoisotopic (exact) mass is 263 g/mol. The van der Waals surface area contributed by atoms with E-state index in [0.29, 0.717) is 23.7 Å². The van der Waals surface area contributed by atoms with Crippen LogP contribution in [-0.4, -0.2) is 32.8 Å². The molecule has 0 spiro atoms. The van der Waals surface area contributed by atoms with E-state index in [1.165, 1.54) is 0 Å². The second-order valence-corrected chi connectivity index (χ2v) is 5.22. The second-order valence-electron chi connectivity index (χ2n) is 5.22. The van der Waals surface area contributed by atoms with Gasteiger partial charge in [0.1, 0.15) is 5.69 Å². The molecular formula is C13H21N5O. The molecular weight excluding hydrogens is 242 g/mol. The van der Waals surface area contributed by atoms with Gasteiger partial charge in [0.25, 0.3) is 0 Å². The fourth-order valence-electron chi connectivity index (χ4n) is 2.10. The minimum absolute atomic E-state index is 0.361. The molecule has 6 heteroatoms. The van der Waals surface area contributed by atoms with Gasteiger partial charge in [-0.15, -0.1) is 0 Å². The Kier molecular flexibility index (Phi) is 4.31. The van der Waals surface area contributed by atoms with Crippen molar-refractivity contribution in [1.29, 1.82) is 0 Å². The van der Waals surface area contributed by atoms with Gasteiger partial charge in [-0.2, -0.15) is 4.98 Å². The Bertz CT molecular complexity index is 517. The molecule has 0 aliphatic carbocycles. The van der Waals surface area contributed by atoms with Crippen LogP contribution < -0.4 is 5.32 Å². The summed E-state index contributed by atoms with van der Waals surface area (Å²) < 4.78 is 7.19. The first-order valence-corrected chi connectivity index (χ1v) is 6.56. The van der Waals surface area contributed by atoms with Crippen molar-refractivity contribution >= 4 is 0 Å². The highest BCUT2D eigenvalue weighted by atomic mass is 16.5. The maximum Gasteiger partial charge on any atom is 0.228 e. The zero-order chi connectivity index (χ0) is 13.8. The van der Waals surface area contributed by atoms with E-state index in [1.54, 1.807) is 12.5 Å². The van der Waals surface area contributed by atoms with E-state index in [0.717, 1.165) is 18.5 Å². The number of aromatic nitrogens is 4. The SMILES string of the molecule is CNC(Cc1nc(-c2cncn2C)no1)CC(C)C. The number of nitrogens with zero attached hydrogens (tertiary/aromatic N) is 4. The van der Waals surface area contributed by atoms with E-state index in [9.17, 15) is 0 Å². The van der Waals surface area contributed by atoms with Crippen LogP contribution >= 0.6 is 0 Å². The third-order valence-electron chi connectivity index (χ3n) is 3.10. The Morgan fingerprint density at radius 2 is 2.21 bits per heavy atom. The number of hydrogen-bond acceptors (Lipinski definition) is 5. The largest absolute Gasteiger partial charge is 0.339 e. The highest BCUT2D eigenvalue weighted by Gasteiger charge is 2.16. The van der Waals surface area contributed by atoms with Gasteiger partial charge in [0.15, 0.2) is 0 Å². The predicted octanol–water partition coefficient (Wildman–Crippen LogP) is 1.65. The van der Waals surface area contributed by atoms with Gasteiger partial charge in [0.2, 0.25) is 11.7 Å². The van der Waals surface area contributed by atoms with E-state index >= 15 is 0 Å². The topological polar surface area (TPSA) is 68.8 Å². The summed E-state index contributed by atoms with van der Waals surface area (Å²) in [5.74, 6) is 1.89. The van der Waals surface area contributed by atoms with Crippen LogP contribution in [0.1, 0.15) is 26.2 Å². The van der Waals surface area contributed by atoms with Crippen LogP contribution in [-0.2, 0) is 13.5 Å². The Hall–Kier alpha value is -1.69. The molecule has 2 aromatic heterocycles. The van der Waals surface area contributed by atoms with Gasteiger partial charge in [0.05, 0.1) is 12.5 Å². The summed E-state index contributed by atoms with van der Waals surface area (Å²) in [6.07, 6.45) is 5.29. The van der Waals surface area contributed by atoms with Crippen molar-refractivity contribution in [3.8, 4) is 11.5 Å². The average Bonchev–Trinajstić information content (AvgIpc) is 2.96. The van der Waals surface area contributed by atoms with Crippen molar-refractivity contribution in [2.24, 2.45) is 13.0 Å². The number of rotatable bonds is 6. The lowest BCUT2D eigenvalue weighted by Gasteiger charge is -2.15. The van der Waals surface area contributed by atoms with Crippen molar-refractivity contribution in [2.75, 3.05) is 7.05 Å². The fraction of sp³-hybridized carbons (Fsp3) is 0.615. The molecule has 104 valence electrons. The summed E-state index contributed by atoms with van der Waals surface area (Å²) in [5, 5.41) is 7.30. The van der Waals surface area contributed by atoms with Crippen LogP contribution in [0.25, 0.3) is 11.5 Å². The van der Waals surface area contributed by atoms with Gasteiger partial charge in [0, 0.05) is 19.5 Å². The predicted molar refractivity (Wildman–Crippen MR) is 72.5 cm³/mol. The fourth-order valence-corrected chi connectivity index (χ4v) is 2.10. The van der Waals surface area contributed by atoms with E-state index < -0.39 is 0 Å². The summed E-state index contributed by atoms with van der Waals surface area (Å²) in [4.78, 5) is 8.48. The molecule has 0 aliphatic rings. The standard InChI is InChI=1S/C13H21N5O/c1-9(2)5-10(14-3)6-12-16-13(17-19-12)11-7-15-8-18(11)4/h7-10,14H,5-6H2,1-4H3. The number of hydrogen-bond donors (Lipinski definition) is 1. The van der Waals surface area contributed by atoms with Gasteiger partial charge < -0.3 is 14.4 Å². The molecule has 1 N–H and O–H groups in total. The summed E-state index contributed by atoms with van der Waals surface area (Å²) in [6, 6.07) is 0.361. The summed E-state index contributed by atoms with van der Waals surface area (Å²) in [7, 11) is 3.87. The normalized spacial score (nSPS) is 13.1. The summed E-state index contributed by atoms with van der Waals surface area (Å²) in [6.45, 7) is 4.42. The average molecular weight is 263 g/mol. The van der Waals surface area contributed by atoms with E-state index in [-0.39, 0.29) is 0 Å². The molecule has 19 heavy (non-hydrogen) atoms. The lowest BCUT2D eigenvalue weighted by atomic mass is 10.0. The van der Waals surface area contributed by atoms with Gasteiger partial charge >= 0.3 is 0 Å². The second kappa shape index (κ2) is 5.97. The maximum atomic E-state index is 5.32. The zero-order valence-electron chi connectivity index (χ0n) is 11.9. The molecule has 6 nitrogen and oxygen atoms in total. The number of aryl methyl sites for hydroxylation is 1. The first-order chi connectivity index (χ1) is 9.10. The molecule has 0 bridgehead atoms. The van der Waals surface area contributed by atoms with Crippen LogP contribution in [0.3, 0.4) is 0 Å². The highest BCUT2D eigenvalue weighted by Crippen LogP contribution is 2.16. The lowest BCUT2D eigenvalue weighted by Crippen LogP contribution is -2.29. The number of likely N-dealkylation sites (N-methyl/N-ethyl adjacent to an activating group) is 1. The smallest absolute Gasteiger partial charge is 0.228 e. The van der Waals surface area contributed by atoms with Crippen LogP contribution in [0.2, 0.25) is 0 Å². The van der Waals surface area contributed by atoms with E-state index in [2.05, 4.69) is 34.3 Å². The molecule has 0 fully saturated rings. The maximum absolute atomic E-state index is 5.32. The van der Waals surface area contributed by atoms with Crippen LogP contribution in [0.5, 0.6) is 0 Å². The molecule has 0 aliphatic heterocycles. The van der Waals surface area contributed by atoms with Crippen molar-refractivity contribution in [3.63, 3.8) is 0 Å². The molecule has 1 atom stereocenters. The van der Waals surface area contributed by atoms with Crippen LogP contribution in [0.4, 0.5) is 0 Å². The van der Waals surface area contributed by atoms with Crippen LogP contribution in [0.15, 0.2) is 17.0 Å². The van der Waals surface area contributed by atoms with Gasteiger partial charge in [-0.3, -0.25) is 0 Å². The van der Waals surface area contributed by atoms with Crippen molar-refractivity contribution in [1.82, 2.24) is 25.0 Å². The Balaban J connectivity index is 2.07. The number of imidazole rings is 1. The van der Waals surface area contributed by atoms with Crippen LogP contribution in [0, 0.1) is 5.92 Å². The van der Waals surface area contributed by atoms with Crippen molar-refractivity contribution in [2.45, 2.75) is 32.7 Å². The molecule has 1 unspecified atom stereocenters. The van der Waals surface area contributed by atoms with E-state index in [4.69, 9.17) is 4.52 Å². The van der Waals surface area contributed by atoms with Gasteiger partial charge in [-0.25, -0.2) is 4.98 Å². The molecule has 0 radical (unpaired) electrons. The summed E-state index contributed by atoms with van der Waals surface area (Å²) >= 11 is 0. The van der Waals surface area contributed by atoms with E-state index in [1.807, 2.05) is 18.7 Å². The van der Waals surface area contributed by atoms with Crippen molar-refractivity contribution in [3.05, 3.63) is 18.4 Å². The molecule has 0 aromatic carbocycles. The third-order valence-corrected chi connectivity index (χ3v) is 3.10. The van der Waals surface area contributed by atoms with Gasteiger partial charge in [-0.1, -0.05) is 19.0 Å². The molecule has 0 saturated heterocycles. The minimum atomic E-state index is 0.361. The molecule has 2 heterocycles.